The molecule has 0 saturated carbocycles. The van der Waals surface area contributed by atoms with Gasteiger partial charge in [0.25, 0.3) is 0 Å². The van der Waals surface area contributed by atoms with Crippen LogP contribution in [0.15, 0.2) is 60.7 Å². The van der Waals surface area contributed by atoms with E-state index in [0.29, 0.717) is 12.0 Å². The fourth-order valence-corrected chi connectivity index (χ4v) is 5.57. The predicted molar refractivity (Wildman–Crippen MR) is 118 cm³/mol. The molecular weight excluding hydrogens is 358 g/mol. The van der Waals surface area contributed by atoms with Crippen LogP contribution in [0.25, 0.3) is 0 Å². The average Bonchev–Trinajstić information content (AvgIpc) is 2.75. The van der Waals surface area contributed by atoms with E-state index in [1.54, 1.807) is 0 Å². The maximum absolute atomic E-state index is 12.0. The lowest BCUT2D eigenvalue weighted by atomic mass is 9.68. The van der Waals surface area contributed by atoms with Gasteiger partial charge in [-0.05, 0) is 62.1 Å². The standard InChI is InChI=1S/C26H35NO2/c1-3-24(2)19-25(16-18-29-24)15-10-17-27(20-25)21-26(28,22-11-6-4-7-12-22)23-13-8-5-9-14-23/h4-9,11-14,28H,3,10,15-21H2,1-2H3/t24-,25-/m0/s1. The second-order valence-corrected chi connectivity index (χ2v) is 9.49. The lowest BCUT2D eigenvalue weighted by molar-refractivity contribution is -0.137. The van der Waals surface area contributed by atoms with Crippen molar-refractivity contribution in [3.63, 3.8) is 0 Å². The largest absolute Gasteiger partial charge is 0.379 e. The Morgan fingerprint density at radius 1 is 1.00 bits per heavy atom. The van der Waals surface area contributed by atoms with Crippen LogP contribution in [0.1, 0.15) is 57.1 Å². The van der Waals surface area contributed by atoms with E-state index in [1.807, 2.05) is 36.4 Å². The van der Waals surface area contributed by atoms with E-state index >= 15 is 0 Å². The zero-order chi connectivity index (χ0) is 20.4. The fraction of sp³-hybridized carbons (Fsp3) is 0.538. The van der Waals surface area contributed by atoms with Gasteiger partial charge in [0.2, 0.25) is 0 Å². The van der Waals surface area contributed by atoms with Crippen molar-refractivity contribution in [3.05, 3.63) is 71.8 Å². The zero-order valence-electron chi connectivity index (χ0n) is 17.9. The summed E-state index contributed by atoms with van der Waals surface area (Å²) in [5, 5.41) is 12.0. The zero-order valence-corrected chi connectivity index (χ0v) is 17.9. The van der Waals surface area contributed by atoms with Gasteiger partial charge in [0, 0.05) is 19.7 Å². The molecule has 3 nitrogen and oxygen atoms in total. The molecule has 2 heterocycles. The highest BCUT2D eigenvalue weighted by Crippen LogP contribution is 2.46. The van der Waals surface area contributed by atoms with Gasteiger partial charge in [0.05, 0.1) is 5.60 Å². The van der Waals surface area contributed by atoms with Gasteiger partial charge >= 0.3 is 0 Å². The van der Waals surface area contributed by atoms with Gasteiger partial charge in [0.1, 0.15) is 5.60 Å². The Kier molecular flexibility index (Phi) is 5.83. The predicted octanol–water partition coefficient (Wildman–Crippen LogP) is 4.98. The molecular formula is C26H35NO2. The van der Waals surface area contributed by atoms with Crippen LogP contribution >= 0.6 is 0 Å². The first kappa shape index (κ1) is 20.6. The highest BCUT2D eigenvalue weighted by molar-refractivity contribution is 5.36. The number of ether oxygens (including phenoxy) is 1. The molecule has 1 spiro atoms. The summed E-state index contributed by atoms with van der Waals surface area (Å²) in [6.07, 6.45) is 5.79. The van der Waals surface area contributed by atoms with Crippen molar-refractivity contribution in [2.45, 2.75) is 57.2 Å². The highest BCUT2D eigenvalue weighted by Gasteiger charge is 2.46. The summed E-state index contributed by atoms with van der Waals surface area (Å²) in [7, 11) is 0. The molecule has 2 fully saturated rings. The van der Waals surface area contributed by atoms with Crippen molar-refractivity contribution in [2.24, 2.45) is 5.41 Å². The molecule has 2 aliphatic rings. The Labute approximate surface area is 175 Å². The SMILES string of the molecule is CC[C@@]1(C)C[C@]2(CCCN(CC(O)(c3ccccc3)c3ccccc3)C2)CCO1. The minimum absolute atomic E-state index is 0.00355. The van der Waals surface area contributed by atoms with Gasteiger partial charge in [-0.1, -0.05) is 67.6 Å². The third kappa shape index (κ3) is 4.28. The molecule has 0 amide bonds. The number of aliphatic hydroxyl groups is 1. The highest BCUT2D eigenvalue weighted by atomic mass is 16.5. The Hall–Kier alpha value is -1.68. The number of hydrogen-bond donors (Lipinski definition) is 1. The van der Waals surface area contributed by atoms with Gasteiger partial charge < -0.3 is 9.84 Å². The number of piperidine rings is 1. The summed E-state index contributed by atoms with van der Waals surface area (Å²) >= 11 is 0. The number of β-amino-alcohol motifs (C(OH)–C–C–N with tert-alkyl or cyclic N) is 1. The summed E-state index contributed by atoms with van der Waals surface area (Å²) in [6, 6.07) is 20.3. The first-order valence-electron chi connectivity index (χ1n) is 11.2. The number of rotatable bonds is 5. The maximum Gasteiger partial charge on any atom is 0.127 e. The first-order valence-corrected chi connectivity index (χ1v) is 11.2. The second-order valence-electron chi connectivity index (χ2n) is 9.49. The van der Waals surface area contributed by atoms with Crippen molar-refractivity contribution in [1.29, 1.82) is 0 Å². The molecule has 0 aliphatic carbocycles. The van der Waals surface area contributed by atoms with E-state index in [1.165, 1.54) is 12.8 Å². The maximum atomic E-state index is 12.0. The van der Waals surface area contributed by atoms with Crippen molar-refractivity contribution >= 4 is 0 Å². The van der Waals surface area contributed by atoms with Gasteiger partial charge in [-0.15, -0.1) is 0 Å². The summed E-state index contributed by atoms with van der Waals surface area (Å²) in [5.74, 6) is 0. The number of benzene rings is 2. The van der Waals surface area contributed by atoms with E-state index in [0.717, 1.165) is 50.1 Å². The van der Waals surface area contributed by atoms with Crippen LogP contribution in [-0.4, -0.2) is 41.8 Å². The van der Waals surface area contributed by atoms with E-state index in [-0.39, 0.29) is 5.60 Å². The molecule has 4 rings (SSSR count). The quantitative estimate of drug-likeness (QED) is 0.777. The molecule has 1 N–H and O–H groups in total. The van der Waals surface area contributed by atoms with Gasteiger partial charge in [-0.3, -0.25) is 4.90 Å². The Balaban J connectivity index is 1.60. The molecule has 3 heteroatoms. The molecule has 2 saturated heterocycles. The molecule has 2 aliphatic heterocycles. The van der Waals surface area contributed by atoms with Crippen molar-refractivity contribution < 1.29 is 9.84 Å². The first-order chi connectivity index (χ1) is 14.0. The van der Waals surface area contributed by atoms with Crippen molar-refractivity contribution in [3.8, 4) is 0 Å². The monoisotopic (exact) mass is 393 g/mol. The summed E-state index contributed by atoms with van der Waals surface area (Å²) in [6.45, 7) is 8.11. The van der Waals surface area contributed by atoms with Gasteiger partial charge in [-0.25, -0.2) is 0 Å². The fourth-order valence-electron chi connectivity index (χ4n) is 5.57. The van der Waals surface area contributed by atoms with Crippen LogP contribution in [0, 0.1) is 5.41 Å². The lowest BCUT2D eigenvalue weighted by Gasteiger charge is -2.51. The van der Waals surface area contributed by atoms with Crippen molar-refractivity contribution in [1.82, 2.24) is 4.90 Å². The Bertz CT molecular complexity index is 749. The number of nitrogens with zero attached hydrogens (tertiary/aromatic N) is 1. The van der Waals surface area contributed by atoms with Crippen LogP contribution < -0.4 is 0 Å². The van der Waals surface area contributed by atoms with Crippen LogP contribution in [0.2, 0.25) is 0 Å². The summed E-state index contributed by atoms with van der Waals surface area (Å²) in [4.78, 5) is 2.50. The third-order valence-electron chi connectivity index (χ3n) is 7.28. The minimum Gasteiger partial charge on any atom is -0.379 e. The third-order valence-corrected chi connectivity index (χ3v) is 7.28. The molecule has 0 aromatic heterocycles. The van der Waals surface area contributed by atoms with Crippen LogP contribution in [0.3, 0.4) is 0 Å². The molecule has 2 aromatic carbocycles. The second kappa shape index (κ2) is 8.22. The summed E-state index contributed by atoms with van der Waals surface area (Å²) in [5.41, 5.74) is 1.25. The van der Waals surface area contributed by atoms with Gasteiger partial charge in [0.15, 0.2) is 0 Å². The van der Waals surface area contributed by atoms with Gasteiger partial charge in [-0.2, -0.15) is 0 Å². The topological polar surface area (TPSA) is 32.7 Å². The number of likely N-dealkylation sites (tertiary alicyclic amines) is 1. The molecule has 156 valence electrons. The van der Waals surface area contributed by atoms with Crippen LogP contribution in [0.5, 0.6) is 0 Å². The average molecular weight is 394 g/mol. The Morgan fingerprint density at radius 3 is 2.21 bits per heavy atom. The van der Waals surface area contributed by atoms with E-state index in [9.17, 15) is 5.11 Å². The number of hydrogen-bond acceptors (Lipinski definition) is 3. The Morgan fingerprint density at radius 2 is 1.62 bits per heavy atom. The summed E-state index contributed by atoms with van der Waals surface area (Å²) < 4.78 is 6.15. The lowest BCUT2D eigenvalue weighted by Crippen LogP contribution is -2.54. The molecule has 29 heavy (non-hydrogen) atoms. The van der Waals surface area contributed by atoms with Crippen LogP contribution in [0.4, 0.5) is 0 Å². The van der Waals surface area contributed by atoms with Crippen molar-refractivity contribution in [2.75, 3.05) is 26.2 Å². The normalized spacial score (nSPS) is 28.5. The molecule has 0 bridgehead atoms. The molecule has 0 unspecified atom stereocenters. The molecule has 2 atom stereocenters. The molecule has 2 aromatic rings. The van der Waals surface area contributed by atoms with Crippen LogP contribution in [-0.2, 0) is 10.3 Å². The smallest absolute Gasteiger partial charge is 0.127 e. The van der Waals surface area contributed by atoms with E-state index in [2.05, 4.69) is 43.0 Å². The van der Waals surface area contributed by atoms with E-state index in [4.69, 9.17) is 4.74 Å². The van der Waals surface area contributed by atoms with E-state index < -0.39 is 5.60 Å². The minimum atomic E-state index is -1.000. The molecule has 0 radical (unpaired) electrons.